The number of nitrogens with one attached hydrogen (secondary N) is 4. The number of carbonyl (C=O) groups is 3. The van der Waals surface area contributed by atoms with Crippen LogP contribution in [-0.4, -0.2) is 38.2 Å². The fourth-order valence-corrected chi connectivity index (χ4v) is 5.49. The Morgan fingerprint density at radius 2 is 1.85 bits per heavy atom. The maximum atomic E-state index is 12.9. The molecule has 3 amide bonds. The number of sulfonamides is 1. The van der Waals surface area contributed by atoms with Gasteiger partial charge in [-0.3, -0.25) is 14.6 Å². The van der Waals surface area contributed by atoms with Crippen molar-refractivity contribution in [2.75, 3.05) is 23.0 Å². The fourth-order valence-electron chi connectivity index (χ4n) is 3.30. The monoisotopic (exact) mass is 485 g/mol. The molecule has 170 valence electrons. The Morgan fingerprint density at radius 3 is 2.48 bits per heavy atom. The van der Waals surface area contributed by atoms with Crippen LogP contribution in [0.3, 0.4) is 0 Å². The summed E-state index contributed by atoms with van der Waals surface area (Å²) in [5.74, 6) is -2.04. The lowest BCUT2D eigenvalue weighted by Crippen LogP contribution is -2.34. The van der Waals surface area contributed by atoms with E-state index < -0.39 is 27.9 Å². The summed E-state index contributed by atoms with van der Waals surface area (Å²) in [6.07, 6.45) is 1.25. The maximum absolute atomic E-state index is 12.9. The minimum atomic E-state index is -4.00. The number of aromatic nitrogens is 1. The van der Waals surface area contributed by atoms with Crippen LogP contribution in [0.1, 0.15) is 26.8 Å². The van der Waals surface area contributed by atoms with Crippen LogP contribution >= 0.6 is 11.3 Å². The Morgan fingerprint density at radius 1 is 1.09 bits per heavy atom. The van der Waals surface area contributed by atoms with E-state index in [-0.39, 0.29) is 21.4 Å². The molecule has 0 bridgehead atoms. The average molecular weight is 486 g/mol. The second kappa shape index (κ2) is 8.64. The van der Waals surface area contributed by atoms with Gasteiger partial charge < -0.3 is 16.0 Å². The van der Waals surface area contributed by atoms with Crippen molar-refractivity contribution in [1.29, 1.82) is 0 Å². The van der Waals surface area contributed by atoms with Crippen molar-refractivity contribution in [2.24, 2.45) is 0 Å². The molecule has 0 aliphatic carbocycles. The van der Waals surface area contributed by atoms with Gasteiger partial charge in [0.15, 0.2) is 5.78 Å². The Hall–Kier alpha value is -3.77. The number of ketones is 1. The number of hydrogen-bond acceptors (Lipinski definition) is 8. The minimum absolute atomic E-state index is 0.0209. The van der Waals surface area contributed by atoms with Gasteiger partial charge in [0.1, 0.15) is 10.1 Å². The Balaban J connectivity index is 1.47. The summed E-state index contributed by atoms with van der Waals surface area (Å²) in [7, 11) is -2.27. The summed E-state index contributed by atoms with van der Waals surface area (Å²) >= 11 is 1.04. The van der Waals surface area contributed by atoms with Gasteiger partial charge in [-0.15, -0.1) is 11.3 Å². The van der Waals surface area contributed by atoms with E-state index in [2.05, 4.69) is 20.9 Å². The zero-order valence-electron chi connectivity index (χ0n) is 17.5. The SMILES string of the molecule is CNc1ccc2c(c1)NC(=O)C(c1ccc(NC(=O)NS(=O)(=O)c3ccc(C)s3)cn1)C2=O. The first-order valence-electron chi connectivity index (χ1n) is 9.71. The third-order valence-electron chi connectivity index (χ3n) is 4.90. The smallest absolute Gasteiger partial charge is 0.333 e. The van der Waals surface area contributed by atoms with Crippen LogP contribution in [0.15, 0.2) is 52.9 Å². The first-order chi connectivity index (χ1) is 15.7. The van der Waals surface area contributed by atoms with Crippen LogP contribution in [0.25, 0.3) is 0 Å². The predicted octanol–water partition coefficient (Wildman–Crippen LogP) is 2.92. The molecule has 33 heavy (non-hydrogen) atoms. The van der Waals surface area contributed by atoms with Crippen molar-refractivity contribution in [3.05, 3.63) is 64.8 Å². The molecule has 10 nitrogen and oxygen atoms in total. The van der Waals surface area contributed by atoms with E-state index >= 15 is 0 Å². The maximum Gasteiger partial charge on any atom is 0.333 e. The van der Waals surface area contributed by atoms with Crippen LogP contribution in [0.4, 0.5) is 21.9 Å². The minimum Gasteiger partial charge on any atom is -0.388 e. The highest BCUT2D eigenvalue weighted by molar-refractivity contribution is 7.92. The summed E-state index contributed by atoms with van der Waals surface area (Å²) in [6.45, 7) is 1.76. The zero-order valence-corrected chi connectivity index (χ0v) is 19.1. The normalized spacial score (nSPS) is 15.4. The summed E-state index contributed by atoms with van der Waals surface area (Å²) in [5.41, 5.74) is 1.94. The highest BCUT2D eigenvalue weighted by Crippen LogP contribution is 2.32. The van der Waals surface area contributed by atoms with E-state index in [1.54, 1.807) is 38.2 Å². The molecule has 3 heterocycles. The molecule has 1 aliphatic rings. The second-order valence-corrected chi connectivity index (χ2v) is 10.4. The molecule has 1 aromatic carbocycles. The lowest BCUT2D eigenvalue weighted by Gasteiger charge is -2.23. The van der Waals surface area contributed by atoms with Gasteiger partial charge in [0.25, 0.3) is 10.0 Å². The van der Waals surface area contributed by atoms with Gasteiger partial charge in [-0.2, -0.15) is 0 Å². The molecular weight excluding hydrogens is 466 g/mol. The molecule has 1 unspecified atom stereocenters. The molecular formula is C21H19N5O5S2. The standard InChI is InChI=1S/C21H19N5O5S2/c1-11-3-8-17(32-11)33(30,31)26-21(29)24-13-5-7-15(23-10-13)18-19(27)14-6-4-12(22-2)9-16(14)25-20(18)28/h3-10,18,22H,1-2H3,(H,25,28)(H2,24,26,29). The largest absolute Gasteiger partial charge is 0.388 e. The van der Waals surface area contributed by atoms with Crippen LogP contribution in [0, 0.1) is 6.92 Å². The molecule has 0 spiro atoms. The molecule has 4 rings (SSSR count). The van der Waals surface area contributed by atoms with Crippen molar-refractivity contribution in [2.45, 2.75) is 17.1 Å². The van der Waals surface area contributed by atoms with Gasteiger partial charge in [0, 0.05) is 23.2 Å². The number of amides is 3. The van der Waals surface area contributed by atoms with Crippen molar-refractivity contribution >= 4 is 56.1 Å². The molecule has 1 aliphatic heterocycles. The van der Waals surface area contributed by atoms with E-state index in [0.717, 1.165) is 21.9 Å². The number of urea groups is 1. The number of pyridine rings is 1. The molecule has 0 radical (unpaired) electrons. The fraction of sp³-hybridized carbons (Fsp3) is 0.143. The number of Topliss-reactive ketones (excluding diaryl/α,β-unsaturated/α-hetero) is 1. The Bertz CT molecular complexity index is 1370. The number of benzene rings is 1. The zero-order chi connectivity index (χ0) is 23.8. The molecule has 3 aromatic rings. The van der Waals surface area contributed by atoms with Gasteiger partial charge in [-0.1, -0.05) is 0 Å². The highest BCUT2D eigenvalue weighted by atomic mass is 32.2. The van der Waals surface area contributed by atoms with Crippen molar-refractivity contribution < 1.29 is 22.8 Å². The molecule has 0 saturated carbocycles. The third-order valence-corrected chi connectivity index (χ3v) is 7.73. The molecule has 12 heteroatoms. The van der Waals surface area contributed by atoms with Crippen LogP contribution in [-0.2, 0) is 14.8 Å². The van der Waals surface area contributed by atoms with Crippen molar-refractivity contribution in [3.8, 4) is 0 Å². The van der Waals surface area contributed by atoms with E-state index in [0.29, 0.717) is 11.3 Å². The highest BCUT2D eigenvalue weighted by Gasteiger charge is 2.36. The number of anilines is 3. The van der Waals surface area contributed by atoms with E-state index in [1.807, 2.05) is 4.72 Å². The quantitative estimate of drug-likeness (QED) is 0.406. The number of thiophene rings is 1. The summed E-state index contributed by atoms with van der Waals surface area (Å²) in [6, 6.07) is 9.99. The summed E-state index contributed by atoms with van der Waals surface area (Å²) in [4.78, 5) is 42.6. The van der Waals surface area contributed by atoms with Gasteiger partial charge in [0.05, 0.1) is 23.3 Å². The third kappa shape index (κ3) is 4.56. The number of rotatable bonds is 5. The number of nitrogens with zero attached hydrogens (tertiary/aromatic N) is 1. The number of hydrogen-bond donors (Lipinski definition) is 4. The van der Waals surface area contributed by atoms with Gasteiger partial charge in [-0.25, -0.2) is 17.9 Å². The lowest BCUT2D eigenvalue weighted by molar-refractivity contribution is -0.116. The van der Waals surface area contributed by atoms with Crippen LogP contribution in [0.5, 0.6) is 0 Å². The van der Waals surface area contributed by atoms with Crippen molar-refractivity contribution in [1.82, 2.24) is 9.71 Å². The molecule has 2 aromatic heterocycles. The topological polar surface area (TPSA) is 146 Å². The van der Waals surface area contributed by atoms with E-state index in [4.69, 9.17) is 0 Å². The number of fused-ring (bicyclic) bond motifs is 1. The lowest BCUT2D eigenvalue weighted by atomic mass is 9.88. The molecule has 4 N–H and O–H groups in total. The van der Waals surface area contributed by atoms with Crippen molar-refractivity contribution in [3.63, 3.8) is 0 Å². The van der Waals surface area contributed by atoms with Gasteiger partial charge in [0.2, 0.25) is 5.91 Å². The summed E-state index contributed by atoms with van der Waals surface area (Å²) in [5, 5.41) is 8.04. The second-order valence-electron chi connectivity index (χ2n) is 7.19. The van der Waals surface area contributed by atoms with E-state index in [1.165, 1.54) is 24.4 Å². The molecule has 1 atom stereocenters. The van der Waals surface area contributed by atoms with Crippen LogP contribution < -0.4 is 20.7 Å². The first kappa shape index (κ1) is 22.4. The number of aryl methyl sites for hydroxylation is 1. The number of carbonyl (C=O) groups excluding carboxylic acids is 3. The van der Waals surface area contributed by atoms with Gasteiger partial charge in [-0.05, 0) is 49.4 Å². The van der Waals surface area contributed by atoms with Crippen LogP contribution in [0.2, 0.25) is 0 Å². The molecule has 0 saturated heterocycles. The van der Waals surface area contributed by atoms with Gasteiger partial charge >= 0.3 is 6.03 Å². The average Bonchev–Trinajstić information content (AvgIpc) is 3.21. The first-order valence-corrected chi connectivity index (χ1v) is 12.0. The molecule has 0 fully saturated rings. The Kier molecular flexibility index (Phi) is 5.87. The van der Waals surface area contributed by atoms with E-state index in [9.17, 15) is 22.8 Å². The predicted molar refractivity (Wildman–Crippen MR) is 124 cm³/mol. The summed E-state index contributed by atoms with van der Waals surface area (Å²) < 4.78 is 26.5. The Labute approximate surface area is 193 Å².